The molecule has 136 valence electrons. The van der Waals surface area contributed by atoms with E-state index in [1.54, 1.807) is 0 Å². The Morgan fingerprint density at radius 1 is 1.38 bits per heavy atom. The van der Waals surface area contributed by atoms with Crippen LogP contribution in [0.2, 0.25) is 0 Å². The standard InChI is InChI=1S/C19H33N3O2/c1-15-12-20(10-11-21(15)13-16(2)23)14-19(24)22(18-8-9-18)17-6-4-3-5-7-17/h6,15-16,18,23H,3-5,7-14H2,1-2H3/t15-,16-/m1/s1. The third kappa shape index (κ3) is 4.58. The summed E-state index contributed by atoms with van der Waals surface area (Å²) in [5, 5.41) is 9.60. The van der Waals surface area contributed by atoms with Crippen LogP contribution in [-0.4, -0.2) is 76.6 Å². The minimum absolute atomic E-state index is 0.288. The smallest absolute Gasteiger partial charge is 0.241 e. The van der Waals surface area contributed by atoms with Gasteiger partial charge in [-0.05, 0) is 52.4 Å². The first-order chi connectivity index (χ1) is 11.5. The van der Waals surface area contributed by atoms with Gasteiger partial charge in [0.15, 0.2) is 0 Å². The lowest BCUT2D eigenvalue weighted by molar-refractivity contribution is -0.132. The first-order valence-electron chi connectivity index (χ1n) is 9.70. The van der Waals surface area contributed by atoms with Gasteiger partial charge in [-0.2, -0.15) is 0 Å². The molecule has 1 aliphatic heterocycles. The number of rotatable bonds is 6. The predicted octanol–water partition coefficient (Wildman–Crippen LogP) is 1.82. The van der Waals surface area contributed by atoms with Crippen LogP contribution in [0.15, 0.2) is 11.8 Å². The SMILES string of the molecule is C[C@@H]1CN(CC(=O)N(C2=CCCCC2)C2CC2)CCN1C[C@@H](C)O. The quantitative estimate of drug-likeness (QED) is 0.804. The van der Waals surface area contributed by atoms with Crippen LogP contribution in [0, 0.1) is 0 Å². The maximum atomic E-state index is 12.9. The number of β-amino-alcohol motifs (C(OH)–C–C–N with tert-alkyl or cyclic N) is 1. The van der Waals surface area contributed by atoms with E-state index in [0.29, 0.717) is 24.5 Å². The molecule has 1 heterocycles. The lowest BCUT2D eigenvalue weighted by Crippen LogP contribution is -2.55. The zero-order chi connectivity index (χ0) is 17.1. The van der Waals surface area contributed by atoms with Gasteiger partial charge in [-0.25, -0.2) is 0 Å². The maximum absolute atomic E-state index is 12.9. The highest BCUT2D eigenvalue weighted by molar-refractivity contribution is 5.80. The van der Waals surface area contributed by atoms with Crippen LogP contribution in [0.1, 0.15) is 52.4 Å². The molecule has 1 amide bonds. The molecule has 0 aromatic carbocycles. The van der Waals surface area contributed by atoms with Crippen LogP contribution < -0.4 is 0 Å². The van der Waals surface area contributed by atoms with Crippen LogP contribution in [-0.2, 0) is 4.79 Å². The van der Waals surface area contributed by atoms with E-state index in [2.05, 4.69) is 27.7 Å². The number of aliphatic hydroxyl groups is 1. The average Bonchev–Trinajstić information content (AvgIpc) is 3.36. The summed E-state index contributed by atoms with van der Waals surface area (Å²) in [4.78, 5) is 19.7. The van der Waals surface area contributed by atoms with Crippen molar-refractivity contribution in [3.05, 3.63) is 11.8 Å². The van der Waals surface area contributed by atoms with Crippen molar-refractivity contribution in [3.63, 3.8) is 0 Å². The van der Waals surface area contributed by atoms with Gasteiger partial charge in [-0.15, -0.1) is 0 Å². The number of carbonyl (C=O) groups is 1. The van der Waals surface area contributed by atoms with E-state index in [-0.39, 0.29) is 6.10 Å². The summed E-state index contributed by atoms with van der Waals surface area (Å²) in [6.07, 6.45) is 9.02. The zero-order valence-corrected chi connectivity index (χ0v) is 15.3. The molecule has 3 rings (SSSR count). The minimum Gasteiger partial charge on any atom is -0.392 e. The van der Waals surface area contributed by atoms with Gasteiger partial charge in [-0.3, -0.25) is 14.6 Å². The van der Waals surface area contributed by atoms with Gasteiger partial charge in [-0.1, -0.05) is 6.08 Å². The molecule has 0 spiro atoms. The normalized spacial score (nSPS) is 27.6. The van der Waals surface area contributed by atoms with Crippen molar-refractivity contribution in [3.8, 4) is 0 Å². The van der Waals surface area contributed by atoms with E-state index in [1.807, 2.05) is 6.92 Å². The summed E-state index contributed by atoms with van der Waals surface area (Å²) in [6.45, 7) is 8.07. The number of aliphatic hydroxyl groups excluding tert-OH is 1. The molecular weight excluding hydrogens is 302 g/mol. The van der Waals surface area contributed by atoms with Crippen molar-refractivity contribution >= 4 is 5.91 Å². The third-order valence-corrected chi connectivity index (χ3v) is 5.46. The van der Waals surface area contributed by atoms with Crippen molar-refractivity contribution in [2.45, 2.75) is 70.6 Å². The number of carbonyl (C=O) groups excluding carboxylic acids is 1. The fourth-order valence-electron chi connectivity index (χ4n) is 4.06. The fourth-order valence-corrected chi connectivity index (χ4v) is 4.06. The lowest BCUT2D eigenvalue weighted by atomic mass is 10.0. The molecule has 5 heteroatoms. The number of amides is 1. The molecule has 1 saturated carbocycles. The number of allylic oxidation sites excluding steroid dienone is 2. The Morgan fingerprint density at radius 2 is 2.17 bits per heavy atom. The molecule has 1 N–H and O–H groups in total. The molecule has 1 saturated heterocycles. The molecule has 2 aliphatic carbocycles. The molecule has 3 aliphatic rings. The van der Waals surface area contributed by atoms with Crippen molar-refractivity contribution in [2.24, 2.45) is 0 Å². The van der Waals surface area contributed by atoms with Gasteiger partial charge in [0.05, 0.1) is 12.6 Å². The lowest BCUT2D eigenvalue weighted by Gasteiger charge is -2.41. The highest BCUT2D eigenvalue weighted by Gasteiger charge is 2.36. The van der Waals surface area contributed by atoms with Gasteiger partial charge in [0.25, 0.3) is 0 Å². The van der Waals surface area contributed by atoms with Gasteiger partial charge >= 0.3 is 0 Å². The highest BCUT2D eigenvalue weighted by Crippen LogP contribution is 2.33. The molecule has 24 heavy (non-hydrogen) atoms. The second-order valence-corrected chi connectivity index (χ2v) is 7.86. The number of nitrogens with zero attached hydrogens (tertiary/aromatic N) is 3. The van der Waals surface area contributed by atoms with E-state index in [0.717, 1.165) is 39.0 Å². The summed E-state index contributed by atoms with van der Waals surface area (Å²) in [5.74, 6) is 0.293. The van der Waals surface area contributed by atoms with E-state index in [1.165, 1.54) is 31.4 Å². The molecule has 0 unspecified atom stereocenters. The van der Waals surface area contributed by atoms with E-state index < -0.39 is 0 Å². The van der Waals surface area contributed by atoms with E-state index in [9.17, 15) is 9.90 Å². The van der Waals surface area contributed by atoms with E-state index >= 15 is 0 Å². The summed E-state index contributed by atoms with van der Waals surface area (Å²) in [6, 6.07) is 0.861. The van der Waals surface area contributed by atoms with Crippen LogP contribution in [0.25, 0.3) is 0 Å². The van der Waals surface area contributed by atoms with Crippen molar-refractivity contribution in [2.75, 3.05) is 32.7 Å². The van der Waals surface area contributed by atoms with Crippen molar-refractivity contribution in [1.29, 1.82) is 0 Å². The second-order valence-electron chi connectivity index (χ2n) is 7.86. The maximum Gasteiger partial charge on any atom is 0.241 e. The largest absolute Gasteiger partial charge is 0.392 e. The summed E-state index contributed by atoms with van der Waals surface area (Å²) < 4.78 is 0. The Kier molecular flexibility index (Phi) is 5.95. The monoisotopic (exact) mass is 335 g/mol. The molecule has 2 fully saturated rings. The Balaban J connectivity index is 1.55. The van der Waals surface area contributed by atoms with Gasteiger partial charge in [0.1, 0.15) is 0 Å². The average molecular weight is 335 g/mol. The molecule has 0 radical (unpaired) electrons. The molecule has 5 nitrogen and oxygen atoms in total. The van der Waals surface area contributed by atoms with Gasteiger partial charge < -0.3 is 10.0 Å². The fraction of sp³-hybridized carbons (Fsp3) is 0.842. The molecule has 0 bridgehead atoms. The van der Waals surface area contributed by atoms with E-state index in [4.69, 9.17) is 0 Å². The van der Waals surface area contributed by atoms with Gasteiger partial charge in [0, 0.05) is 44.0 Å². The molecule has 2 atom stereocenters. The first-order valence-corrected chi connectivity index (χ1v) is 9.70. The number of hydrogen-bond acceptors (Lipinski definition) is 4. The zero-order valence-electron chi connectivity index (χ0n) is 15.3. The summed E-state index contributed by atoms with van der Waals surface area (Å²) in [5.41, 5.74) is 1.29. The van der Waals surface area contributed by atoms with Crippen LogP contribution in [0.4, 0.5) is 0 Å². The Bertz CT molecular complexity index is 473. The second kappa shape index (κ2) is 7.98. The molecule has 0 aromatic heterocycles. The summed E-state index contributed by atoms with van der Waals surface area (Å²) >= 11 is 0. The van der Waals surface area contributed by atoms with Crippen molar-refractivity contribution in [1.82, 2.24) is 14.7 Å². The van der Waals surface area contributed by atoms with Crippen molar-refractivity contribution < 1.29 is 9.90 Å². The molecule has 0 aromatic rings. The Hall–Kier alpha value is -0.910. The third-order valence-electron chi connectivity index (χ3n) is 5.46. The van der Waals surface area contributed by atoms with Crippen LogP contribution >= 0.6 is 0 Å². The summed E-state index contributed by atoms with van der Waals surface area (Å²) in [7, 11) is 0. The van der Waals surface area contributed by atoms with Gasteiger partial charge in [0.2, 0.25) is 5.91 Å². The first kappa shape index (κ1) is 17.9. The van der Waals surface area contributed by atoms with Crippen LogP contribution in [0.5, 0.6) is 0 Å². The number of piperazine rings is 1. The Morgan fingerprint density at radius 3 is 2.75 bits per heavy atom. The van der Waals surface area contributed by atoms with Crippen LogP contribution in [0.3, 0.4) is 0 Å². The topological polar surface area (TPSA) is 47.0 Å². The highest BCUT2D eigenvalue weighted by atomic mass is 16.3. The predicted molar refractivity (Wildman–Crippen MR) is 95.6 cm³/mol. The Labute approximate surface area is 146 Å². The number of hydrogen-bond donors (Lipinski definition) is 1. The molecular formula is C19H33N3O2. The minimum atomic E-state index is -0.288.